The molecule has 1 aromatic heterocycles. The first kappa shape index (κ1) is 24.8. The molecule has 0 saturated heterocycles. The van der Waals surface area contributed by atoms with E-state index in [0.717, 1.165) is 52.3 Å². The third kappa shape index (κ3) is 4.66. The molecule has 192 valence electrons. The summed E-state index contributed by atoms with van der Waals surface area (Å²) < 4.78 is 13.7. The minimum absolute atomic E-state index is 0.0977. The van der Waals surface area contributed by atoms with Crippen LogP contribution in [0.2, 0.25) is 0 Å². The SMILES string of the molecule is CNC(=O)c1ccc(Cn2cc(C3=NC(C)(C)Cc4cc(OC)c5c(c43)CC(C)(C)O5)ccc2=O)cc1. The number of benzene rings is 2. The average Bonchev–Trinajstić information content (AvgIpc) is 3.18. The van der Waals surface area contributed by atoms with Crippen LogP contribution in [0.1, 0.15) is 65.9 Å². The summed E-state index contributed by atoms with van der Waals surface area (Å²) >= 11 is 0. The fraction of sp³-hybridized carbons (Fsp3) is 0.367. The molecule has 2 aliphatic rings. The smallest absolute Gasteiger partial charge is 0.251 e. The molecule has 0 saturated carbocycles. The van der Waals surface area contributed by atoms with Gasteiger partial charge in [0.15, 0.2) is 11.5 Å². The van der Waals surface area contributed by atoms with Gasteiger partial charge < -0.3 is 19.4 Å². The number of aliphatic imine (C=N–C) groups is 1. The molecule has 3 heterocycles. The molecule has 0 unspecified atom stereocenters. The van der Waals surface area contributed by atoms with Crippen LogP contribution in [0.3, 0.4) is 0 Å². The highest BCUT2D eigenvalue weighted by atomic mass is 16.5. The average molecular weight is 500 g/mol. The number of amides is 1. The Morgan fingerprint density at radius 3 is 2.51 bits per heavy atom. The molecular formula is C30H33N3O4. The van der Waals surface area contributed by atoms with Crippen molar-refractivity contribution in [3.05, 3.63) is 92.4 Å². The van der Waals surface area contributed by atoms with Crippen molar-refractivity contribution >= 4 is 11.6 Å². The molecule has 0 radical (unpaired) electrons. The molecule has 5 rings (SSSR count). The van der Waals surface area contributed by atoms with Crippen LogP contribution in [0, 0.1) is 0 Å². The van der Waals surface area contributed by atoms with E-state index in [9.17, 15) is 9.59 Å². The van der Waals surface area contributed by atoms with E-state index in [2.05, 4.69) is 39.1 Å². The van der Waals surface area contributed by atoms with Crippen molar-refractivity contribution < 1.29 is 14.3 Å². The summed E-state index contributed by atoms with van der Waals surface area (Å²) in [6.45, 7) is 8.80. The number of fused-ring (bicyclic) bond motifs is 3. The zero-order valence-corrected chi connectivity index (χ0v) is 22.3. The van der Waals surface area contributed by atoms with Crippen LogP contribution >= 0.6 is 0 Å². The monoisotopic (exact) mass is 499 g/mol. The van der Waals surface area contributed by atoms with Crippen LogP contribution in [-0.4, -0.2) is 41.5 Å². The summed E-state index contributed by atoms with van der Waals surface area (Å²) in [6.07, 6.45) is 3.42. The van der Waals surface area contributed by atoms with Gasteiger partial charge in [-0.1, -0.05) is 12.1 Å². The number of nitrogens with one attached hydrogen (secondary N) is 1. The number of carbonyl (C=O) groups excluding carboxylic acids is 1. The lowest BCUT2D eigenvalue weighted by Gasteiger charge is -2.31. The van der Waals surface area contributed by atoms with Gasteiger partial charge in [0.25, 0.3) is 11.5 Å². The molecule has 0 aliphatic carbocycles. The lowest BCUT2D eigenvalue weighted by atomic mass is 9.81. The van der Waals surface area contributed by atoms with Crippen LogP contribution in [-0.2, 0) is 19.4 Å². The molecule has 3 aromatic rings. The van der Waals surface area contributed by atoms with Gasteiger partial charge in [-0.25, -0.2) is 0 Å². The van der Waals surface area contributed by atoms with Crippen LogP contribution < -0.4 is 20.3 Å². The number of nitrogens with zero attached hydrogens (tertiary/aromatic N) is 2. The normalized spacial score (nSPS) is 16.8. The van der Waals surface area contributed by atoms with E-state index in [1.54, 1.807) is 36.9 Å². The zero-order valence-electron chi connectivity index (χ0n) is 22.3. The second-order valence-electron chi connectivity index (χ2n) is 11.1. The quantitative estimate of drug-likeness (QED) is 0.572. The van der Waals surface area contributed by atoms with Crippen LogP contribution in [0.5, 0.6) is 11.5 Å². The summed E-state index contributed by atoms with van der Waals surface area (Å²) in [7, 11) is 3.28. The maximum Gasteiger partial charge on any atom is 0.251 e. The lowest BCUT2D eigenvalue weighted by molar-refractivity contribution is 0.0963. The van der Waals surface area contributed by atoms with Gasteiger partial charge in [0.2, 0.25) is 0 Å². The number of rotatable bonds is 5. The van der Waals surface area contributed by atoms with Crippen molar-refractivity contribution in [2.45, 2.75) is 58.2 Å². The second kappa shape index (κ2) is 8.91. The summed E-state index contributed by atoms with van der Waals surface area (Å²) in [5.74, 6) is 1.39. The van der Waals surface area contributed by atoms with E-state index in [1.165, 1.54) is 5.56 Å². The van der Waals surface area contributed by atoms with Gasteiger partial charge in [-0.05, 0) is 69.5 Å². The highest BCUT2D eigenvalue weighted by Crippen LogP contribution is 2.47. The van der Waals surface area contributed by atoms with Gasteiger partial charge in [-0.15, -0.1) is 0 Å². The molecule has 0 atom stereocenters. The van der Waals surface area contributed by atoms with Crippen LogP contribution in [0.4, 0.5) is 0 Å². The lowest BCUT2D eigenvalue weighted by Crippen LogP contribution is -2.31. The van der Waals surface area contributed by atoms with Crippen molar-refractivity contribution in [3.63, 3.8) is 0 Å². The second-order valence-corrected chi connectivity index (χ2v) is 11.1. The van der Waals surface area contributed by atoms with E-state index in [-0.39, 0.29) is 22.6 Å². The molecule has 1 N–H and O–H groups in total. The van der Waals surface area contributed by atoms with Gasteiger partial charge >= 0.3 is 0 Å². The number of hydrogen-bond donors (Lipinski definition) is 1. The third-order valence-electron chi connectivity index (χ3n) is 6.95. The first-order valence-electron chi connectivity index (χ1n) is 12.5. The van der Waals surface area contributed by atoms with Gasteiger partial charge in [0.05, 0.1) is 24.9 Å². The highest BCUT2D eigenvalue weighted by Gasteiger charge is 2.39. The Labute approximate surface area is 217 Å². The predicted octanol–water partition coefficient (Wildman–Crippen LogP) is 4.15. The van der Waals surface area contributed by atoms with Gasteiger partial charge in [0.1, 0.15) is 5.60 Å². The van der Waals surface area contributed by atoms with Crippen molar-refractivity contribution in [2.24, 2.45) is 4.99 Å². The fourth-order valence-corrected chi connectivity index (χ4v) is 5.33. The number of hydrogen-bond acceptors (Lipinski definition) is 5. The Balaban J connectivity index is 1.59. The van der Waals surface area contributed by atoms with Gasteiger partial charge in [-0.3, -0.25) is 14.6 Å². The maximum atomic E-state index is 12.8. The number of carbonyl (C=O) groups is 1. The standard InChI is InChI=1S/C30H33N3O4/c1-29(2)14-21-13-23(36-6)27-22(15-30(3,4)37-27)25(21)26(32-29)20-11-12-24(34)33(17-20)16-18-7-9-19(10-8-18)28(35)31-5/h7-13,17H,14-16H2,1-6H3,(H,31,35). The summed E-state index contributed by atoms with van der Waals surface area (Å²) in [5, 5.41) is 2.62. The Kier molecular flexibility index (Phi) is 5.97. The fourth-order valence-electron chi connectivity index (χ4n) is 5.33. The summed E-state index contributed by atoms with van der Waals surface area (Å²) in [4.78, 5) is 29.9. The summed E-state index contributed by atoms with van der Waals surface area (Å²) in [5.41, 5.74) is 5.88. The molecule has 2 aliphatic heterocycles. The Morgan fingerprint density at radius 2 is 1.84 bits per heavy atom. The summed E-state index contributed by atoms with van der Waals surface area (Å²) in [6, 6.07) is 12.8. The minimum atomic E-state index is -0.345. The maximum absolute atomic E-state index is 12.8. The molecule has 7 nitrogen and oxygen atoms in total. The van der Waals surface area contributed by atoms with E-state index >= 15 is 0 Å². The molecule has 37 heavy (non-hydrogen) atoms. The van der Waals surface area contributed by atoms with Crippen molar-refractivity contribution in [2.75, 3.05) is 14.2 Å². The topological polar surface area (TPSA) is 81.9 Å². The molecule has 2 aromatic carbocycles. The van der Waals surface area contributed by atoms with Crippen LogP contribution in [0.25, 0.3) is 0 Å². The number of ether oxygens (including phenoxy) is 2. The van der Waals surface area contributed by atoms with Crippen molar-refractivity contribution in [1.29, 1.82) is 0 Å². The Hall–Kier alpha value is -3.87. The molecule has 0 fully saturated rings. The van der Waals surface area contributed by atoms with E-state index in [0.29, 0.717) is 12.1 Å². The largest absolute Gasteiger partial charge is 0.493 e. The van der Waals surface area contributed by atoms with Crippen LogP contribution in [0.15, 0.2) is 58.4 Å². The Bertz CT molecular complexity index is 1480. The third-order valence-corrected chi connectivity index (χ3v) is 6.95. The molecular weight excluding hydrogens is 466 g/mol. The number of methoxy groups -OCH3 is 1. The minimum Gasteiger partial charge on any atom is -0.493 e. The first-order valence-corrected chi connectivity index (χ1v) is 12.5. The zero-order chi connectivity index (χ0) is 26.5. The van der Waals surface area contributed by atoms with Gasteiger partial charge in [0, 0.05) is 48.0 Å². The molecule has 7 heteroatoms. The van der Waals surface area contributed by atoms with Crippen molar-refractivity contribution in [1.82, 2.24) is 9.88 Å². The number of aromatic nitrogens is 1. The molecule has 1 amide bonds. The molecule has 0 spiro atoms. The predicted molar refractivity (Wildman–Crippen MR) is 144 cm³/mol. The first-order chi connectivity index (χ1) is 17.5. The van der Waals surface area contributed by atoms with Crippen molar-refractivity contribution in [3.8, 4) is 11.5 Å². The van der Waals surface area contributed by atoms with E-state index in [4.69, 9.17) is 14.5 Å². The van der Waals surface area contributed by atoms with E-state index in [1.807, 2.05) is 24.4 Å². The molecule has 0 bridgehead atoms. The van der Waals surface area contributed by atoms with Gasteiger partial charge in [-0.2, -0.15) is 0 Å². The van der Waals surface area contributed by atoms with E-state index < -0.39 is 0 Å². The number of pyridine rings is 1. The Morgan fingerprint density at radius 1 is 1.11 bits per heavy atom. The highest BCUT2D eigenvalue weighted by molar-refractivity contribution is 6.16.